The molecule has 0 rings (SSSR count). The smallest absolute Gasteiger partial charge is 0.326 e. The number of carboxylic acids is 1. The standard InChI is InChI=1S/C46H80N2O5/c1-3-5-7-9-11-13-15-17-18-19-20-22-24-27-31-36-42(53-45(50)40-34-30-25-23-21-16-14-12-10-8-6-4-2)37-32-28-26-29-33-39-44(49)48-43(46(51)52)38-35-41-47/h5,7,11-14,17-18,20,22,42-43H,3-4,6,8-10,15-16,19,21,23-41,47H2,1-2H3,(H,48,49)(H,51,52)/b7-5-,13-11-,14-12-,18-17-,22-20-. The number of esters is 1. The van der Waals surface area contributed by atoms with Gasteiger partial charge in [0.2, 0.25) is 5.91 Å². The van der Waals surface area contributed by atoms with Crippen LogP contribution in [-0.4, -0.2) is 41.6 Å². The molecule has 0 aliphatic rings. The highest BCUT2D eigenvalue weighted by atomic mass is 16.5. The minimum Gasteiger partial charge on any atom is -0.480 e. The first-order valence-electron chi connectivity index (χ1n) is 21.6. The molecule has 304 valence electrons. The zero-order valence-corrected chi connectivity index (χ0v) is 34.1. The van der Waals surface area contributed by atoms with Gasteiger partial charge in [-0.25, -0.2) is 4.79 Å². The summed E-state index contributed by atoms with van der Waals surface area (Å²) in [6.45, 7) is 4.80. The Bertz CT molecular complexity index is 1020. The van der Waals surface area contributed by atoms with Crippen molar-refractivity contribution >= 4 is 17.8 Å². The molecule has 0 radical (unpaired) electrons. The molecule has 0 aromatic rings. The molecule has 7 heteroatoms. The molecule has 1 amide bonds. The first kappa shape index (κ1) is 50.1. The first-order valence-corrected chi connectivity index (χ1v) is 21.6. The molecular formula is C46H80N2O5. The quantitative estimate of drug-likeness (QED) is 0.0329. The van der Waals surface area contributed by atoms with Gasteiger partial charge in [0.1, 0.15) is 12.1 Å². The first-order chi connectivity index (χ1) is 25.9. The van der Waals surface area contributed by atoms with Crippen molar-refractivity contribution in [2.45, 2.75) is 206 Å². The summed E-state index contributed by atoms with van der Waals surface area (Å²) in [6, 6.07) is -0.864. The Morgan fingerprint density at radius 1 is 0.566 bits per heavy atom. The van der Waals surface area contributed by atoms with Crippen molar-refractivity contribution < 1.29 is 24.2 Å². The van der Waals surface area contributed by atoms with Gasteiger partial charge in [0.05, 0.1) is 0 Å². The zero-order chi connectivity index (χ0) is 38.9. The number of carboxylic acid groups (broad SMARTS) is 1. The van der Waals surface area contributed by atoms with Crippen molar-refractivity contribution in [1.82, 2.24) is 5.32 Å². The molecule has 53 heavy (non-hydrogen) atoms. The van der Waals surface area contributed by atoms with Gasteiger partial charge in [-0.2, -0.15) is 0 Å². The number of unbranched alkanes of at least 4 members (excludes halogenated alkanes) is 14. The Morgan fingerprint density at radius 2 is 1.04 bits per heavy atom. The van der Waals surface area contributed by atoms with Crippen LogP contribution >= 0.6 is 0 Å². The second-order valence-corrected chi connectivity index (χ2v) is 14.4. The highest BCUT2D eigenvalue weighted by Gasteiger charge is 2.19. The molecule has 0 aromatic heterocycles. The number of aliphatic carboxylic acids is 1. The monoisotopic (exact) mass is 741 g/mol. The van der Waals surface area contributed by atoms with E-state index in [-0.39, 0.29) is 18.0 Å². The summed E-state index contributed by atoms with van der Waals surface area (Å²) in [4.78, 5) is 36.4. The normalized spacial score (nSPS) is 13.3. The largest absolute Gasteiger partial charge is 0.480 e. The van der Waals surface area contributed by atoms with E-state index in [1.54, 1.807) is 0 Å². The Kier molecular flexibility index (Phi) is 38.0. The average Bonchev–Trinajstić information content (AvgIpc) is 3.14. The van der Waals surface area contributed by atoms with Crippen LogP contribution in [0.4, 0.5) is 0 Å². The molecule has 0 aliphatic carbocycles. The van der Waals surface area contributed by atoms with E-state index in [1.807, 2.05) is 0 Å². The number of amides is 1. The van der Waals surface area contributed by atoms with Gasteiger partial charge in [-0.3, -0.25) is 9.59 Å². The van der Waals surface area contributed by atoms with E-state index >= 15 is 0 Å². The summed E-state index contributed by atoms with van der Waals surface area (Å²) in [7, 11) is 0. The third kappa shape index (κ3) is 37.2. The van der Waals surface area contributed by atoms with Gasteiger partial charge in [-0.1, -0.05) is 126 Å². The number of carbonyl (C=O) groups excluding carboxylic acids is 2. The Morgan fingerprint density at radius 3 is 1.62 bits per heavy atom. The number of allylic oxidation sites excluding steroid dienone is 10. The van der Waals surface area contributed by atoms with Crippen LogP contribution in [0.15, 0.2) is 60.8 Å². The van der Waals surface area contributed by atoms with Gasteiger partial charge in [0.25, 0.3) is 0 Å². The maximum Gasteiger partial charge on any atom is 0.326 e. The summed E-state index contributed by atoms with van der Waals surface area (Å²) in [5.74, 6) is -1.28. The van der Waals surface area contributed by atoms with Crippen molar-refractivity contribution in [1.29, 1.82) is 0 Å². The summed E-state index contributed by atoms with van der Waals surface area (Å²) in [5.41, 5.74) is 5.48. The van der Waals surface area contributed by atoms with Crippen LogP contribution in [-0.2, 0) is 19.1 Å². The van der Waals surface area contributed by atoms with Gasteiger partial charge in [0.15, 0.2) is 0 Å². The van der Waals surface area contributed by atoms with Crippen LogP contribution in [0.25, 0.3) is 0 Å². The number of carbonyl (C=O) groups is 3. The van der Waals surface area contributed by atoms with Crippen molar-refractivity contribution in [3.8, 4) is 0 Å². The Labute approximate surface area is 325 Å². The van der Waals surface area contributed by atoms with Crippen LogP contribution in [0, 0.1) is 0 Å². The molecule has 0 aliphatic heterocycles. The van der Waals surface area contributed by atoms with E-state index in [2.05, 4.69) is 79.9 Å². The van der Waals surface area contributed by atoms with E-state index in [1.165, 1.54) is 44.9 Å². The average molecular weight is 741 g/mol. The minimum absolute atomic E-state index is 0.0312. The molecule has 0 spiro atoms. The lowest BCUT2D eigenvalue weighted by Gasteiger charge is -2.18. The lowest BCUT2D eigenvalue weighted by atomic mass is 10.0. The Balaban J connectivity index is 4.46. The van der Waals surface area contributed by atoms with E-state index in [0.29, 0.717) is 32.2 Å². The van der Waals surface area contributed by atoms with Gasteiger partial charge in [0, 0.05) is 12.8 Å². The molecule has 2 atom stereocenters. The van der Waals surface area contributed by atoms with E-state index in [9.17, 15) is 19.5 Å². The van der Waals surface area contributed by atoms with E-state index in [0.717, 1.165) is 109 Å². The van der Waals surface area contributed by atoms with Crippen molar-refractivity contribution in [3.63, 3.8) is 0 Å². The van der Waals surface area contributed by atoms with Crippen molar-refractivity contribution in [3.05, 3.63) is 60.8 Å². The van der Waals surface area contributed by atoms with Crippen molar-refractivity contribution in [2.75, 3.05) is 6.54 Å². The van der Waals surface area contributed by atoms with Crippen LogP contribution in [0.1, 0.15) is 194 Å². The second kappa shape index (κ2) is 40.3. The summed E-state index contributed by atoms with van der Waals surface area (Å²) in [6.07, 6.45) is 49.7. The lowest BCUT2D eigenvalue weighted by molar-refractivity contribution is -0.150. The molecule has 0 saturated carbocycles. The summed E-state index contributed by atoms with van der Waals surface area (Å²) >= 11 is 0. The van der Waals surface area contributed by atoms with Crippen LogP contribution in [0.3, 0.4) is 0 Å². The highest BCUT2D eigenvalue weighted by molar-refractivity contribution is 5.83. The molecule has 7 nitrogen and oxygen atoms in total. The fraction of sp³-hybridized carbons (Fsp3) is 0.717. The lowest BCUT2D eigenvalue weighted by Crippen LogP contribution is -2.40. The highest BCUT2D eigenvalue weighted by Crippen LogP contribution is 2.18. The second-order valence-electron chi connectivity index (χ2n) is 14.4. The predicted molar refractivity (Wildman–Crippen MR) is 225 cm³/mol. The number of ether oxygens (including phenoxy) is 1. The molecule has 0 heterocycles. The number of nitrogens with one attached hydrogen (secondary N) is 1. The van der Waals surface area contributed by atoms with Crippen molar-refractivity contribution in [2.24, 2.45) is 5.73 Å². The topological polar surface area (TPSA) is 119 Å². The maximum atomic E-state index is 12.8. The fourth-order valence-corrected chi connectivity index (χ4v) is 6.08. The third-order valence-electron chi connectivity index (χ3n) is 9.32. The van der Waals surface area contributed by atoms with Crippen LogP contribution in [0.5, 0.6) is 0 Å². The molecule has 0 fully saturated rings. The van der Waals surface area contributed by atoms with E-state index in [4.69, 9.17) is 10.5 Å². The number of rotatable bonds is 38. The molecular weight excluding hydrogens is 661 g/mol. The molecule has 4 N–H and O–H groups in total. The van der Waals surface area contributed by atoms with Crippen LogP contribution < -0.4 is 11.1 Å². The minimum atomic E-state index is -1.01. The number of hydrogen-bond donors (Lipinski definition) is 3. The molecule has 0 bridgehead atoms. The maximum absolute atomic E-state index is 12.8. The Hall–Kier alpha value is -2.93. The SMILES string of the molecule is CC/C=C\C/C=C\C/C=C\C/C=C\CCCCC(CCCCCCCC(=O)NC(CCCN)C(=O)O)OC(=O)CCCCCCC/C=C\CCCCC. The summed E-state index contributed by atoms with van der Waals surface area (Å²) < 4.78 is 6.02. The van der Waals surface area contributed by atoms with E-state index < -0.39 is 12.0 Å². The molecule has 0 aromatic carbocycles. The zero-order valence-electron chi connectivity index (χ0n) is 34.1. The predicted octanol–water partition coefficient (Wildman–Crippen LogP) is 12.2. The van der Waals surface area contributed by atoms with Crippen LogP contribution in [0.2, 0.25) is 0 Å². The van der Waals surface area contributed by atoms with Gasteiger partial charge in [-0.05, 0) is 122 Å². The number of hydrogen-bond acceptors (Lipinski definition) is 5. The van der Waals surface area contributed by atoms with Gasteiger partial charge in [-0.15, -0.1) is 0 Å². The summed E-state index contributed by atoms with van der Waals surface area (Å²) in [5, 5.41) is 11.9. The molecule has 2 unspecified atom stereocenters. The third-order valence-corrected chi connectivity index (χ3v) is 9.32. The fourth-order valence-electron chi connectivity index (χ4n) is 6.08. The number of nitrogens with two attached hydrogens (primary N) is 1. The van der Waals surface area contributed by atoms with Gasteiger partial charge >= 0.3 is 11.9 Å². The van der Waals surface area contributed by atoms with Gasteiger partial charge < -0.3 is 20.9 Å². The molecule has 0 saturated heterocycles.